The van der Waals surface area contributed by atoms with Gasteiger partial charge in [-0.25, -0.2) is 9.67 Å². The van der Waals surface area contributed by atoms with Crippen molar-refractivity contribution in [2.75, 3.05) is 12.4 Å². The lowest BCUT2D eigenvalue weighted by Crippen LogP contribution is -2.02. The van der Waals surface area contributed by atoms with Crippen molar-refractivity contribution >= 4 is 29.0 Å². The van der Waals surface area contributed by atoms with E-state index >= 15 is 0 Å². The summed E-state index contributed by atoms with van der Waals surface area (Å²) in [4.78, 5) is 4.26. The monoisotopic (exact) mass is 242 g/mol. The van der Waals surface area contributed by atoms with E-state index < -0.39 is 0 Å². The highest BCUT2D eigenvalue weighted by molar-refractivity contribution is 6.36. The maximum Gasteiger partial charge on any atom is 0.174 e. The second-order valence-corrected chi connectivity index (χ2v) is 3.64. The van der Waals surface area contributed by atoms with Crippen molar-refractivity contribution in [1.29, 1.82) is 0 Å². The van der Waals surface area contributed by atoms with Gasteiger partial charge in [-0.1, -0.05) is 23.2 Å². The van der Waals surface area contributed by atoms with Crippen LogP contribution in [0.5, 0.6) is 0 Å². The van der Waals surface area contributed by atoms with Crippen LogP contribution in [-0.2, 0) is 0 Å². The first-order chi connectivity index (χ1) is 7.22. The fraction of sp³-hybridized carbons (Fsp3) is 0.111. The molecular weight excluding hydrogens is 235 g/mol. The van der Waals surface area contributed by atoms with Crippen molar-refractivity contribution in [1.82, 2.24) is 14.8 Å². The molecule has 0 aromatic carbocycles. The van der Waals surface area contributed by atoms with Crippen molar-refractivity contribution in [3.63, 3.8) is 0 Å². The minimum absolute atomic E-state index is 0.461. The van der Waals surface area contributed by atoms with Crippen LogP contribution in [0, 0.1) is 0 Å². The predicted octanol–water partition coefficient (Wildman–Crippen LogP) is 2.62. The van der Waals surface area contributed by atoms with Gasteiger partial charge in [0.25, 0.3) is 0 Å². The smallest absolute Gasteiger partial charge is 0.174 e. The number of nitrogens with one attached hydrogen (secondary N) is 1. The Morgan fingerprint density at radius 2 is 2.13 bits per heavy atom. The fourth-order valence-corrected chi connectivity index (χ4v) is 1.73. The third-order valence-corrected chi connectivity index (χ3v) is 2.44. The van der Waals surface area contributed by atoms with E-state index in [1.165, 1.54) is 0 Å². The van der Waals surface area contributed by atoms with E-state index in [0.717, 1.165) is 0 Å². The molecule has 0 aliphatic rings. The minimum Gasteiger partial charge on any atom is -0.372 e. The van der Waals surface area contributed by atoms with Crippen LogP contribution in [0.3, 0.4) is 0 Å². The molecule has 2 rings (SSSR count). The maximum absolute atomic E-state index is 6.01. The molecule has 0 amide bonds. The highest BCUT2D eigenvalue weighted by atomic mass is 35.5. The molecule has 4 nitrogen and oxygen atoms in total. The van der Waals surface area contributed by atoms with Gasteiger partial charge in [0.15, 0.2) is 5.82 Å². The van der Waals surface area contributed by atoms with E-state index in [9.17, 15) is 0 Å². The Balaban J connectivity index is 2.57. The molecule has 0 fully saturated rings. The number of nitrogens with zero attached hydrogens (tertiary/aromatic N) is 3. The molecule has 0 bridgehead atoms. The summed E-state index contributed by atoms with van der Waals surface area (Å²) in [7, 11) is 1.75. The SMILES string of the molecule is CNc1nc(-n2cccn2)c(Cl)cc1Cl. The summed E-state index contributed by atoms with van der Waals surface area (Å²) >= 11 is 11.9. The predicted molar refractivity (Wildman–Crippen MR) is 60.9 cm³/mol. The number of halogens is 2. The normalized spacial score (nSPS) is 10.3. The van der Waals surface area contributed by atoms with E-state index in [-0.39, 0.29) is 0 Å². The highest BCUT2D eigenvalue weighted by Gasteiger charge is 2.09. The summed E-state index contributed by atoms with van der Waals surface area (Å²) in [5.41, 5.74) is 0. The van der Waals surface area contributed by atoms with Crippen LogP contribution < -0.4 is 5.32 Å². The van der Waals surface area contributed by atoms with Gasteiger partial charge in [0.2, 0.25) is 0 Å². The quantitative estimate of drug-likeness (QED) is 0.881. The molecule has 0 aliphatic carbocycles. The zero-order valence-electron chi connectivity index (χ0n) is 7.91. The molecule has 0 atom stereocenters. The number of rotatable bonds is 2. The largest absolute Gasteiger partial charge is 0.372 e. The molecule has 0 saturated carbocycles. The van der Waals surface area contributed by atoms with Crippen LogP contribution in [0.1, 0.15) is 0 Å². The average Bonchev–Trinajstić information content (AvgIpc) is 2.71. The third-order valence-electron chi connectivity index (χ3n) is 1.87. The Morgan fingerprint density at radius 1 is 1.33 bits per heavy atom. The second kappa shape index (κ2) is 4.08. The van der Waals surface area contributed by atoms with E-state index in [2.05, 4.69) is 15.4 Å². The molecule has 1 N–H and O–H groups in total. The third kappa shape index (κ3) is 1.91. The number of pyridine rings is 1. The molecule has 0 saturated heterocycles. The minimum atomic E-state index is 0.461. The van der Waals surface area contributed by atoms with Crippen molar-refractivity contribution in [3.8, 4) is 5.82 Å². The van der Waals surface area contributed by atoms with Gasteiger partial charge in [0.05, 0.1) is 10.0 Å². The Hall–Kier alpha value is -1.26. The highest BCUT2D eigenvalue weighted by Crippen LogP contribution is 2.27. The number of hydrogen-bond donors (Lipinski definition) is 1. The summed E-state index contributed by atoms with van der Waals surface area (Å²) in [6, 6.07) is 3.44. The Bertz CT molecular complexity index is 467. The molecule has 15 heavy (non-hydrogen) atoms. The molecule has 6 heteroatoms. The van der Waals surface area contributed by atoms with Gasteiger partial charge < -0.3 is 5.32 Å². The summed E-state index contributed by atoms with van der Waals surface area (Å²) in [6.07, 6.45) is 3.42. The second-order valence-electron chi connectivity index (χ2n) is 2.82. The van der Waals surface area contributed by atoms with Crippen molar-refractivity contribution < 1.29 is 0 Å². The van der Waals surface area contributed by atoms with Crippen LogP contribution in [0.25, 0.3) is 5.82 Å². The molecule has 0 unspecified atom stereocenters. The maximum atomic E-state index is 6.01. The lowest BCUT2D eigenvalue weighted by atomic mass is 10.4. The van der Waals surface area contributed by atoms with E-state index in [1.807, 2.05) is 0 Å². The molecule has 2 aromatic rings. The van der Waals surface area contributed by atoms with Crippen molar-refractivity contribution in [2.24, 2.45) is 0 Å². The zero-order chi connectivity index (χ0) is 10.8. The molecule has 0 aliphatic heterocycles. The van der Waals surface area contributed by atoms with Crippen LogP contribution in [0.15, 0.2) is 24.5 Å². The first-order valence-corrected chi connectivity index (χ1v) is 5.02. The number of hydrogen-bond acceptors (Lipinski definition) is 3. The van der Waals surface area contributed by atoms with E-state index in [1.54, 1.807) is 36.3 Å². The number of anilines is 1. The molecule has 0 spiro atoms. The first-order valence-electron chi connectivity index (χ1n) is 4.26. The Morgan fingerprint density at radius 3 is 2.73 bits per heavy atom. The van der Waals surface area contributed by atoms with Gasteiger partial charge in [0, 0.05) is 19.4 Å². The zero-order valence-corrected chi connectivity index (χ0v) is 9.42. The summed E-state index contributed by atoms with van der Waals surface area (Å²) in [6.45, 7) is 0. The first kappa shape index (κ1) is 10.3. The van der Waals surface area contributed by atoms with E-state index in [4.69, 9.17) is 23.2 Å². The lowest BCUT2D eigenvalue weighted by molar-refractivity contribution is 0.848. The average molecular weight is 243 g/mol. The van der Waals surface area contributed by atoms with Crippen LogP contribution in [0.4, 0.5) is 5.82 Å². The topological polar surface area (TPSA) is 42.7 Å². The molecule has 2 aromatic heterocycles. The number of aromatic nitrogens is 3. The van der Waals surface area contributed by atoms with E-state index in [0.29, 0.717) is 21.7 Å². The fourth-order valence-electron chi connectivity index (χ4n) is 1.19. The summed E-state index contributed by atoms with van der Waals surface area (Å²) in [5.74, 6) is 1.13. The van der Waals surface area contributed by atoms with Gasteiger partial charge in [0.1, 0.15) is 5.82 Å². The molecular formula is C9H8Cl2N4. The van der Waals surface area contributed by atoms with Gasteiger partial charge in [-0.05, 0) is 12.1 Å². The summed E-state index contributed by atoms with van der Waals surface area (Å²) in [5, 5.41) is 7.88. The summed E-state index contributed by atoms with van der Waals surface area (Å²) < 4.78 is 1.58. The van der Waals surface area contributed by atoms with Crippen molar-refractivity contribution in [2.45, 2.75) is 0 Å². The Labute approximate surface area is 96.8 Å². The van der Waals surface area contributed by atoms with Crippen LogP contribution in [0.2, 0.25) is 10.0 Å². The van der Waals surface area contributed by atoms with Crippen LogP contribution in [-0.4, -0.2) is 21.8 Å². The Kier molecular flexibility index (Phi) is 2.79. The van der Waals surface area contributed by atoms with Crippen LogP contribution >= 0.6 is 23.2 Å². The molecule has 0 radical (unpaired) electrons. The van der Waals surface area contributed by atoms with Gasteiger partial charge in [-0.3, -0.25) is 0 Å². The standard InChI is InChI=1S/C9H8Cl2N4/c1-12-8-6(10)5-7(11)9(14-8)15-4-2-3-13-15/h2-5H,1H3,(H,12,14). The molecule has 78 valence electrons. The lowest BCUT2D eigenvalue weighted by Gasteiger charge is -2.07. The van der Waals surface area contributed by atoms with Gasteiger partial charge in [-0.2, -0.15) is 5.10 Å². The molecule has 2 heterocycles. The van der Waals surface area contributed by atoms with Gasteiger partial charge >= 0.3 is 0 Å². The van der Waals surface area contributed by atoms with Gasteiger partial charge in [-0.15, -0.1) is 0 Å². The van der Waals surface area contributed by atoms with Crippen molar-refractivity contribution in [3.05, 3.63) is 34.6 Å².